The van der Waals surface area contributed by atoms with Crippen molar-refractivity contribution in [2.45, 2.75) is 37.5 Å². The topological polar surface area (TPSA) is 60.7 Å². The van der Waals surface area contributed by atoms with E-state index >= 15 is 0 Å². The molecular weight excluding hydrogens is 696 g/mol. The van der Waals surface area contributed by atoms with Crippen molar-refractivity contribution in [3.8, 4) is 22.6 Å². The number of nitrogens with zero attached hydrogens (tertiary/aromatic N) is 1. The molecule has 1 fully saturated rings. The minimum atomic E-state index is -0.857. The van der Waals surface area contributed by atoms with Crippen molar-refractivity contribution < 1.29 is 14.3 Å². The smallest absolute Gasteiger partial charge is 0.260 e. The quantitative estimate of drug-likeness (QED) is 0.184. The molecule has 2 atom stereocenters. The number of anilines is 1. The molecule has 6 aromatic rings. The number of carbonyl (C=O) groups excluding carboxylic acids is 1. The van der Waals surface area contributed by atoms with Gasteiger partial charge in [-0.2, -0.15) is 0 Å². The van der Waals surface area contributed by atoms with Crippen LogP contribution in [0.5, 0.6) is 11.5 Å². The van der Waals surface area contributed by atoms with E-state index in [1.54, 1.807) is 7.11 Å². The standard InChI is InChI=1S/C45H35BrN2O3/c1-26-24-35-38(40-36(26)42(49)48(45(40)25-47-45)30-18-16-29(46)17-19-30)37-32-12-8-9-13-33(32)41-34(39(37)43(35,2)3)22-23-44(51-41,27-10-6-5-7-11-27)28-14-20-31(50-4)21-15-28/h5-24,47H,25H2,1-4H3. The lowest BCUT2D eigenvalue weighted by atomic mass is 9.76. The third-order valence-corrected chi connectivity index (χ3v) is 12.1. The van der Waals surface area contributed by atoms with Crippen LogP contribution in [0.15, 0.2) is 120 Å². The number of nitrogens with one attached hydrogen (secondary N) is 1. The number of fused-ring (bicyclic) bond motifs is 11. The Kier molecular flexibility index (Phi) is 6.27. The first-order chi connectivity index (χ1) is 24.7. The molecule has 0 saturated carbocycles. The summed E-state index contributed by atoms with van der Waals surface area (Å²) in [6, 6.07) is 37.6. The Morgan fingerprint density at radius 3 is 2.16 bits per heavy atom. The van der Waals surface area contributed by atoms with Gasteiger partial charge in [0, 0.05) is 49.8 Å². The minimum absolute atomic E-state index is 0.0431. The minimum Gasteiger partial charge on any atom is -0.497 e. The molecule has 0 aromatic heterocycles. The number of methoxy groups -OCH3 is 1. The molecule has 3 aliphatic heterocycles. The van der Waals surface area contributed by atoms with Gasteiger partial charge in [0.1, 0.15) is 17.2 Å². The Labute approximate surface area is 305 Å². The monoisotopic (exact) mass is 730 g/mol. The summed E-state index contributed by atoms with van der Waals surface area (Å²) < 4.78 is 14.0. The summed E-state index contributed by atoms with van der Waals surface area (Å²) in [7, 11) is 1.69. The van der Waals surface area contributed by atoms with Crippen molar-refractivity contribution in [2.24, 2.45) is 0 Å². The van der Waals surface area contributed by atoms with Crippen LogP contribution in [0.3, 0.4) is 0 Å². The van der Waals surface area contributed by atoms with E-state index in [4.69, 9.17) is 9.47 Å². The van der Waals surface area contributed by atoms with Gasteiger partial charge in [0.25, 0.3) is 5.91 Å². The van der Waals surface area contributed by atoms with E-state index in [0.29, 0.717) is 6.54 Å². The Hall–Kier alpha value is -5.17. The number of amides is 1. The number of benzene rings is 6. The molecule has 1 aliphatic carbocycles. The van der Waals surface area contributed by atoms with E-state index in [9.17, 15) is 4.79 Å². The summed E-state index contributed by atoms with van der Waals surface area (Å²) in [6.45, 7) is 7.44. The highest BCUT2D eigenvalue weighted by Gasteiger charge is 2.62. The highest BCUT2D eigenvalue weighted by atomic mass is 79.9. The van der Waals surface area contributed by atoms with Gasteiger partial charge in [-0.25, -0.2) is 0 Å². The number of hydrogen-bond donors (Lipinski definition) is 1. The summed E-state index contributed by atoms with van der Waals surface area (Å²) in [5, 5.41) is 5.86. The molecule has 1 spiro atoms. The maximum Gasteiger partial charge on any atom is 0.260 e. The molecule has 250 valence electrons. The van der Waals surface area contributed by atoms with Crippen molar-refractivity contribution in [2.75, 3.05) is 18.6 Å². The van der Waals surface area contributed by atoms with Crippen molar-refractivity contribution in [1.29, 1.82) is 0 Å². The zero-order valence-electron chi connectivity index (χ0n) is 28.8. The molecule has 51 heavy (non-hydrogen) atoms. The van der Waals surface area contributed by atoms with Crippen LogP contribution >= 0.6 is 15.9 Å². The number of aryl methyl sites for hydroxylation is 1. The molecule has 1 N–H and O–H groups in total. The molecule has 4 aliphatic rings. The molecule has 0 bridgehead atoms. The molecule has 10 rings (SSSR count). The highest BCUT2D eigenvalue weighted by molar-refractivity contribution is 9.10. The van der Waals surface area contributed by atoms with Gasteiger partial charge in [-0.15, -0.1) is 0 Å². The van der Waals surface area contributed by atoms with Crippen molar-refractivity contribution >= 4 is 44.4 Å². The Morgan fingerprint density at radius 1 is 0.804 bits per heavy atom. The number of carbonyl (C=O) groups is 1. The second-order valence-electron chi connectivity index (χ2n) is 14.6. The predicted octanol–water partition coefficient (Wildman–Crippen LogP) is 9.99. The summed E-state index contributed by atoms with van der Waals surface area (Å²) in [6.07, 6.45) is 4.51. The largest absolute Gasteiger partial charge is 0.497 e. The molecule has 1 amide bonds. The first-order valence-corrected chi connectivity index (χ1v) is 18.2. The van der Waals surface area contributed by atoms with Gasteiger partial charge < -0.3 is 9.47 Å². The van der Waals surface area contributed by atoms with E-state index in [1.807, 2.05) is 47.4 Å². The fourth-order valence-corrected chi connectivity index (χ4v) is 9.40. The molecule has 5 nitrogen and oxygen atoms in total. The zero-order valence-corrected chi connectivity index (χ0v) is 30.4. The van der Waals surface area contributed by atoms with Gasteiger partial charge in [-0.05, 0) is 82.6 Å². The lowest BCUT2D eigenvalue weighted by Gasteiger charge is -2.38. The Bertz CT molecular complexity index is 2500. The average molecular weight is 732 g/mol. The van der Waals surface area contributed by atoms with Crippen LogP contribution in [0.4, 0.5) is 5.69 Å². The van der Waals surface area contributed by atoms with Crippen LogP contribution in [0, 0.1) is 6.92 Å². The number of hydrogen-bond acceptors (Lipinski definition) is 4. The maximum atomic E-state index is 14.5. The fraction of sp³-hybridized carbons (Fsp3) is 0.178. The van der Waals surface area contributed by atoms with Crippen LogP contribution in [-0.4, -0.2) is 19.6 Å². The third kappa shape index (κ3) is 3.98. The normalized spacial score (nSPS) is 21.7. The summed E-state index contributed by atoms with van der Waals surface area (Å²) in [5.74, 6) is 1.71. The predicted molar refractivity (Wildman–Crippen MR) is 207 cm³/mol. The molecule has 3 heterocycles. The highest BCUT2D eigenvalue weighted by Crippen LogP contribution is 2.63. The fourth-order valence-electron chi connectivity index (χ4n) is 9.14. The van der Waals surface area contributed by atoms with Gasteiger partial charge >= 0.3 is 0 Å². The molecule has 1 saturated heterocycles. The number of ether oxygens (including phenoxy) is 2. The molecule has 0 radical (unpaired) electrons. The van der Waals surface area contributed by atoms with E-state index < -0.39 is 11.3 Å². The Balaban J connectivity index is 1.25. The van der Waals surface area contributed by atoms with Crippen molar-refractivity contribution in [3.05, 3.63) is 164 Å². The van der Waals surface area contributed by atoms with Crippen LogP contribution in [-0.2, 0) is 16.7 Å². The zero-order chi connectivity index (χ0) is 34.9. The van der Waals surface area contributed by atoms with Crippen molar-refractivity contribution in [3.63, 3.8) is 0 Å². The first-order valence-electron chi connectivity index (χ1n) is 17.4. The second kappa shape index (κ2) is 10.4. The first kappa shape index (κ1) is 30.6. The van der Waals surface area contributed by atoms with Crippen LogP contribution in [0.2, 0.25) is 0 Å². The van der Waals surface area contributed by atoms with Crippen molar-refractivity contribution in [1.82, 2.24) is 5.32 Å². The lowest BCUT2D eigenvalue weighted by Crippen LogP contribution is -2.36. The van der Waals surface area contributed by atoms with E-state index in [1.165, 1.54) is 22.3 Å². The van der Waals surface area contributed by atoms with Gasteiger partial charge in [0.15, 0.2) is 5.60 Å². The van der Waals surface area contributed by atoms with Gasteiger partial charge in [-0.1, -0.05) is 109 Å². The number of rotatable bonds is 4. The third-order valence-electron chi connectivity index (χ3n) is 11.6. The van der Waals surface area contributed by atoms with E-state index in [0.717, 1.165) is 65.8 Å². The maximum absolute atomic E-state index is 14.5. The lowest BCUT2D eigenvalue weighted by molar-refractivity contribution is 0.0988. The summed E-state index contributed by atoms with van der Waals surface area (Å²) in [5.41, 5.74) is 9.97. The van der Waals surface area contributed by atoms with Crippen LogP contribution in [0.1, 0.15) is 63.1 Å². The van der Waals surface area contributed by atoms with Gasteiger partial charge in [0.05, 0.1) is 12.7 Å². The second-order valence-corrected chi connectivity index (χ2v) is 15.5. The summed E-state index contributed by atoms with van der Waals surface area (Å²) in [4.78, 5) is 16.5. The van der Waals surface area contributed by atoms with E-state index in [-0.39, 0.29) is 11.3 Å². The molecule has 2 unspecified atom stereocenters. The van der Waals surface area contributed by atoms with E-state index in [2.05, 4.69) is 121 Å². The Morgan fingerprint density at radius 2 is 1.47 bits per heavy atom. The summed E-state index contributed by atoms with van der Waals surface area (Å²) >= 11 is 3.58. The number of halogens is 1. The average Bonchev–Trinajstić information content (AvgIpc) is 3.85. The molecule has 6 aromatic carbocycles. The van der Waals surface area contributed by atoms with Crippen LogP contribution in [0.25, 0.3) is 28.0 Å². The molecular formula is C45H35BrN2O3. The molecule has 6 heteroatoms. The van der Waals surface area contributed by atoms with Gasteiger partial charge in [0.2, 0.25) is 0 Å². The van der Waals surface area contributed by atoms with Gasteiger partial charge in [-0.3, -0.25) is 15.0 Å². The SMILES string of the molecule is COc1ccc(C2(c3ccccc3)C=Cc3c4c(c5ccccc5c3O2)-c2c(cc(C)c3c2C2(CN2)N(c2ccc(Br)cc2)C3=O)C4(C)C)cc1. The van der Waals surface area contributed by atoms with Crippen LogP contribution < -0.4 is 19.7 Å².